The molecule has 0 saturated carbocycles. The largest absolute Gasteiger partial charge is 0.508 e. The van der Waals surface area contributed by atoms with Gasteiger partial charge in [-0.3, -0.25) is 9.97 Å². The molecule has 0 radical (unpaired) electrons. The third-order valence-electron chi connectivity index (χ3n) is 7.16. The lowest BCUT2D eigenvalue weighted by molar-refractivity contribution is 0.475. The number of pyridine rings is 2. The first-order valence-corrected chi connectivity index (χ1v) is 11.5. The summed E-state index contributed by atoms with van der Waals surface area (Å²) < 4.78 is 0. The van der Waals surface area contributed by atoms with Crippen molar-refractivity contribution in [1.29, 1.82) is 0 Å². The van der Waals surface area contributed by atoms with Gasteiger partial charge in [-0.15, -0.1) is 0 Å². The minimum absolute atomic E-state index is 0.253. The fourth-order valence-electron chi connectivity index (χ4n) is 5.66. The fraction of sp³-hybridized carbons (Fsp3) is 0.0323. The Kier molecular flexibility index (Phi) is 4.03. The van der Waals surface area contributed by atoms with E-state index < -0.39 is 5.41 Å². The highest BCUT2D eigenvalue weighted by molar-refractivity contribution is 5.90. The molecule has 7 rings (SSSR count). The first kappa shape index (κ1) is 19.7. The van der Waals surface area contributed by atoms with E-state index in [1.54, 1.807) is 24.3 Å². The van der Waals surface area contributed by atoms with Crippen molar-refractivity contribution in [3.63, 3.8) is 0 Å². The molecule has 0 amide bonds. The van der Waals surface area contributed by atoms with E-state index in [0.29, 0.717) is 0 Å². The van der Waals surface area contributed by atoms with E-state index >= 15 is 0 Å². The molecule has 4 aromatic carbocycles. The number of phenolic OH excluding ortho intramolecular Hbond substituents is 2. The van der Waals surface area contributed by atoms with Crippen LogP contribution >= 0.6 is 0 Å². The Labute approximate surface area is 201 Å². The second-order valence-corrected chi connectivity index (χ2v) is 9.04. The highest BCUT2D eigenvalue weighted by Gasteiger charge is 2.47. The zero-order chi connectivity index (χ0) is 23.6. The Morgan fingerprint density at radius 3 is 1.40 bits per heavy atom. The molecule has 4 heteroatoms. The average molecular weight is 453 g/mol. The SMILES string of the molecule is Oc1ccc2cc(C3(c4ccc5cc(O)ccc5c4)c4cccnc4-c4ncccc43)ccc2c1. The molecule has 2 heterocycles. The molecule has 6 aromatic rings. The Hall–Kier alpha value is -4.70. The highest BCUT2D eigenvalue weighted by atomic mass is 16.3. The van der Waals surface area contributed by atoms with E-state index in [1.165, 1.54) is 0 Å². The van der Waals surface area contributed by atoms with Crippen LogP contribution in [0.5, 0.6) is 11.5 Å². The molecule has 0 atom stereocenters. The van der Waals surface area contributed by atoms with Crippen molar-refractivity contribution in [2.45, 2.75) is 5.41 Å². The van der Waals surface area contributed by atoms with Gasteiger partial charge in [0.15, 0.2) is 0 Å². The van der Waals surface area contributed by atoms with Gasteiger partial charge >= 0.3 is 0 Å². The fourth-order valence-corrected chi connectivity index (χ4v) is 5.66. The zero-order valence-corrected chi connectivity index (χ0v) is 18.7. The van der Waals surface area contributed by atoms with Crippen LogP contribution in [0.2, 0.25) is 0 Å². The van der Waals surface area contributed by atoms with E-state index in [4.69, 9.17) is 9.97 Å². The molecule has 0 unspecified atom stereocenters. The van der Waals surface area contributed by atoms with Gasteiger partial charge in [-0.05, 0) is 92.3 Å². The molecule has 2 N–H and O–H groups in total. The Bertz CT molecular complexity index is 1660. The van der Waals surface area contributed by atoms with E-state index in [-0.39, 0.29) is 11.5 Å². The van der Waals surface area contributed by atoms with E-state index in [9.17, 15) is 10.2 Å². The zero-order valence-electron chi connectivity index (χ0n) is 18.7. The van der Waals surface area contributed by atoms with Crippen LogP contribution in [-0.2, 0) is 5.41 Å². The first-order chi connectivity index (χ1) is 17.1. The lowest BCUT2D eigenvalue weighted by atomic mass is 9.67. The standard InChI is InChI=1S/C31H20N2O2/c34-25-11-7-19-15-23(9-5-21(19)17-25)31(24-10-6-22-18-26(35)12-8-20(22)16-24)27-3-1-13-32-29(27)30-28(31)4-2-14-33-30/h1-18,34-35H. The maximum Gasteiger partial charge on any atom is 0.116 e. The summed E-state index contributed by atoms with van der Waals surface area (Å²) in [4.78, 5) is 9.53. The smallest absolute Gasteiger partial charge is 0.116 e. The van der Waals surface area contributed by atoms with Crippen molar-refractivity contribution >= 4 is 21.5 Å². The number of benzene rings is 4. The first-order valence-electron chi connectivity index (χ1n) is 11.5. The van der Waals surface area contributed by atoms with Gasteiger partial charge in [0.25, 0.3) is 0 Å². The highest BCUT2D eigenvalue weighted by Crippen LogP contribution is 2.55. The summed E-state index contributed by atoms with van der Waals surface area (Å²) in [6, 6.07) is 32.0. The van der Waals surface area contributed by atoms with Gasteiger partial charge in [0, 0.05) is 12.4 Å². The molecule has 1 aliphatic rings. The van der Waals surface area contributed by atoms with Crippen molar-refractivity contribution in [3.05, 3.63) is 132 Å². The molecule has 1 aliphatic carbocycles. The molecule has 0 fully saturated rings. The molecule has 2 aromatic heterocycles. The predicted molar refractivity (Wildman–Crippen MR) is 138 cm³/mol. The molecule has 35 heavy (non-hydrogen) atoms. The van der Waals surface area contributed by atoms with Crippen molar-refractivity contribution in [1.82, 2.24) is 9.97 Å². The van der Waals surface area contributed by atoms with Gasteiger partial charge in [0.05, 0.1) is 16.8 Å². The van der Waals surface area contributed by atoms with Crippen LogP contribution in [0.25, 0.3) is 32.9 Å². The van der Waals surface area contributed by atoms with Crippen LogP contribution in [0.1, 0.15) is 22.3 Å². The lowest BCUT2D eigenvalue weighted by Gasteiger charge is -2.33. The van der Waals surface area contributed by atoms with Crippen LogP contribution in [-0.4, -0.2) is 20.2 Å². The average Bonchev–Trinajstić information content (AvgIpc) is 3.19. The summed E-state index contributed by atoms with van der Waals surface area (Å²) in [7, 11) is 0. The number of fused-ring (bicyclic) bond motifs is 5. The summed E-state index contributed by atoms with van der Waals surface area (Å²) in [5.74, 6) is 0.505. The van der Waals surface area contributed by atoms with Crippen LogP contribution in [0.15, 0.2) is 109 Å². The summed E-state index contributed by atoms with van der Waals surface area (Å²) in [6.07, 6.45) is 3.64. The van der Waals surface area contributed by atoms with Crippen LogP contribution in [0.3, 0.4) is 0 Å². The number of aromatic nitrogens is 2. The van der Waals surface area contributed by atoms with Crippen LogP contribution in [0.4, 0.5) is 0 Å². The van der Waals surface area contributed by atoms with Gasteiger partial charge in [-0.1, -0.05) is 48.5 Å². The topological polar surface area (TPSA) is 66.2 Å². The normalized spacial score (nSPS) is 13.6. The molecule has 166 valence electrons. The van der Waals surface area contributed by atoms with E-state index in [1.807, 2.05) is 36.7 Å². The molecule has 0 spiro atoms. The van der Waals surface area contributed by atoms with Crippen molar-refractivity contribution in [2.75, 3.05) is 0 Å². The van der Waals surface area contributed by atoms with E-state index in [0.717, 1.165) is 55.2 Å². The number of rotatable bonds is 2. The maximum absolute atomic E-state index is 9.99. The summed E-state index contributed by atoms with van der Waals surface area (Å²) in [5.41, 5.74) is 5.55. The van der Waals surface area contributed by atoms with Gasteiger partial charge in [-0.2, -0.15) is 0 Å². The monoisotopic (exact) mass is 452 g/mol. The second-order valence-electron chi connectivity index (χ2n) is 9.04. The molecule has 4 nitrogen and oxygen atoms in total. The van der Waals surface area contributed by atoms with Gasteiger partial charge in [0.2, 0.25) is 0 Å². The molecule has 0 bridgehead atoms. The number of hydrogen-bond donors (Lipinski definition) is 2. The number of hydrogen-bond acceptors (Lipinski definition) is 4. The molecule has 0 aliphatic heterocycles. The van der Waals surface area contributed by atoms with Crippen molar-refractivity contribution < 1.29 is 10.2 Å². The Morgan fingerprint density at radius 1 is 0.486 bits per heavy atom. The second kappa shape index (κ2) is 7.15. The molecule has 0 saturated heterocycles. The Balaban J connectivity index is 1.62. The quantitative estimate of drug-likeness (QED) is 0.312. The predicted octanol–water partition coefficient (Wildman–Crippen LogP) is 6.56. The van der Waals surface area contributed by atoms with Crippen LogP contribution in [0, 0.1) is 0 Å². The van der Waals surface area contributed by atoms with E-state index in [2.05, 4.69) is 48.5 Å². The molecular weight excluding hydrogens is 432 g/mol. The summed E-state index contributed by atoms with van der Waals surface area (Å²) in [5, 5.41) is 24.0. The van der Waals surface area contributed by atoms with Gasteiger partial charge < -0.3 is 10.2 Å². The van der Waals surface area contributed by atoms with Gasteiger partial charge in [0.1, 0.15) is 11.5 Å². The summed E-state index contributed by atoms with van der Waals surface area (Å²) in [6.45, 7) is 0. The third-order valence-corrected chi connectivity index (χ3v) is 7.16. The van der Waals surface area contributed by atoms with Crippen molar-refractivity contribution in [2.24, 2.45) is 0 Å². The minimum atomic E-state index is -0.620. The third kappa shape index (κ3) is 2.74. The maximum atomic E-state index is 9.99. The number of nitrogens with zero attached hydrogens (tertiary/aromatic N) is 2. The van der Waals surface area contributed by atoms with Gasteiger partial charge in [-0.25, -0.2) is 0 Å². The molecular formula is C31H20N2O2. The lowest BCUT2D eigenvalue weighted by Crippen LogP contribution is -2.28. The van der Waals surface area contributed by atoms with Crippen LogP contribution < -0.4 is 0 Å². The number of aromatic hydroxyl groups is 2. The number of phenols is 2. The van der Waals surface area contributed by atoms with Crippen molar-refractivity contribution in [3.8, 4) is 22.9 Å². The summed E-state index contributed by atoms with van der Waals surface area (Å²) >= 11 is 0. The Morgan fingerprint density at radius 2 is 0.914 bits per heavy atom. The minimum Gasteiger partial charge on any atom is -0.508 e.